The molecule has 0 fully saturated rings. The van der Waals surface area contributed by atoms with Crippen LogP contribution in [0.4, 0.5) is 0 Å². The molecule has 0 radical (unpaired) electrons. The van der Waals surface area contributed by atoms with E-state index in [1.165, 1.54) is 27.1 Å². The van der Waals surface area contributed by atoms with E-state index in [9.17, 15) is 0 Å². The Bertz CT molecular complexity index is 805. The highest BCUT2D eigenvalue weighted by Crippen LogP contribution is 2.19. The zero-order valence-electron chi connectivity index (χ0n) is 14.2. The van der Waals surface area contributed by atoms with Gasteiger partial charge in [0, 0.05) is 11.4 Å². The SMILES string of the molecule is CSc1ccc(CN(C)Cn2cnc3cc(C)c(C)cc32)cc1. The van der Waals surface area contributed by atoms with Gasteiger partial charge in [-0.05, 0) is 68.1 Å². The van der Waals surface area contributed by atoms with Gasteiger partial charge in [0.25, 0.3) is 0 Å². The Balaban J connectivity index is 1.74. The molecule has 1 aromatic heterocycles. The summed E-state index contributed by atoms with van der Waals surface area (Å²) in [6, 6.07) is 13.2. The lowest BCUT2D eigenvalue weighted by atomic mass is 10.1. The first-order valence-corrected chi connectivity index (χ1v) is 9.03. The molecule has 0 unspecified atom stereocenters. The molecule has 1 heterocycles. The van der Waals surface area contributed by atoms with Crippen molar-refractivity contribution in [1.82, 2.24) is 14.5 Å². The fraction of sp³-hybridized carbons (Fsp3) is 0.316. The molecular weight excluding hydrogens is 302 g/mol. The summed E-state index contributed by atoms with van der Waals surface area (Å²) in [6.07, 6.45) is 4.05. The van der Waals surface area contributed by atoms with E-state index in [2.05, 4.69) is 78.0 Å². The van der Waals surface area contributed by atoms with Crippen LogP contribution in [0.2, 0.25) is 0 Å². The van der Waals surface area contributed by atoms with Crippen molar-refractivity contribution in [3.63, 3.8) is 0 Å². The van der Waals surface area contributed by atoms with E-state index >= 15 is 0 Å². The first-order chi connectivity index (χ1) is 11.1. The zero-order chi connectivity index (χ0) is 16.4. The summed E-state index contributed by atoms with van der Waals surface area (Å²) in [7, 11) is 2.15. The quantitative estimate of drug-likeness (QED) is 0.646. The second-order valence-electron chi connectivity index (χ2n) is 6.14. The third kappa shape index (κ3) is 3.59. The van der Waals surface area contributed by atoms with Gasteiger partial charge < -0.3 is 4.57 Å². The predicted octanol–water partition coefficient (Wildman–Crippen LogP) is 4.46. The number of aryl methyl sites for hydroxylation is 2. The molecule has 0 bridgehead atoms. The monoisotopic (exact) mass is 325 g/mol. The van der Waals surface area contributed by atoms with Crippen molar-refractivity contribution in [1.29, 1.82) is 0 Å². The lowest BCUT2D eigenvalue weighted by molar-refractivity contribution is 0.264. The Morgan fingerprint density at radius 3 is 2.48 bits per heavy atom. The average Bonchev–Trinajstić information content (AvgIpc) is 2.90. The highest BCUT2D eigenvalue weighted by Gasteiger charge is 2.07. The van der Waals surface area contributed by atoms with Crippen LogP contribution in [0, 0.1) is 13.8 Å². The van der Waals surface area contributed by atoms with Gasteiger partial charge in [0.15, 0.2) is 0 Å². The maximum Gasteiger partial charge on any atom is 0.0969 e. The molecule has 0 aliphatic carbocycles. The van der Waals surface area contributed by atoms with Crippen molar-refractivity contribution >= 4 is 22.8 Å². The van der Waals surface area contributed by atoms with E-state index in [1.807, 2.05) is 6.33 Å². The second kappa shape index (κ2) is 6.77. The van der Waals surface area contributed by atoms with Crippen LogP contribution in [-0.4, -0.2) is 27.8 Å². The van der Waals surface area contributed by atoms with Crippen molar-refractivity contribution in [3.8, 4) is 0 Å². The number of nitrogens with zero attached hydrogens (tertiary/aromatic N) is 3. The maximum atomic E-state index is 4.54. The molecule has 120 valence electrons. The van der Waals surface area contributed by atoms with Crippen molar-refractivity contribution in [2.24, 2.45) is 0 Å². The number of hydrogen-bond acceptors (Lipinski definition) is 3. The Labute approximate surface area is 142 Å². The van der Waals surface area contributed by atoms with Gasteiger partial charge in [-0.25, -0.2) is 4.98 Å². The van der Waals surface area contributed by atoms with Crippen LogP contribution >= 0.6 is 11.8 Å². The van der Waals surface area contributed by atoms with Gasteiger partial charge in [-0.1, -0.05) is 12.1 Å². The van der Waals surface area contributed by atoms with Gasteiger partial charge in [-0.15, -0.1) is 11.8 Å². The molecule has 0 spiro atoms. The summed E-state index contributed by atoms with van der Waals surface area (Å²) in [5.74, 6) is 0. The first kappa shape index (κ1) is 16.1. The van der Waals surface area contributed by atoms with Crippen LogP contribution in [-0.2, 0) is 13.2 Å². The molecule has 2 aromatic carbocycles. The van der Waals surface area contributed by atoms with Gasteiger partial charge in [0.1, 0.15) is 0 Å². The van der Waals surface area contributed by atoms with Gasteiger partial charge in [0.05, 0.1) is 24.0 Å². The summed E-state index contributed by atoms with van der Waals surface area (Å²) >= 11 is 1.78. The Kier molecular flexibility index (Phi) is 4.74. The van der Waals surface area contributed by atoms with Gasteiger partial charge in [-0.3, -0.25) is 4.90 Å². The Hall–Kier alpha value is -1.78. The third-order valence-electron chi connectivity index (χ3n) is 4.24. The van der Waals surface area contributed by atoms with E-state index in [0.29, 0.717) is 0 Å². The topological polar surface area (TPSA) is 21.1 Å². The lowest BCUT2D eigenvalue weighted by Crippen LogP contribution is -2.21. The smallest absolute Gasteiger partial charge is 0.0969 e. The number of rotatable bonds is 5. The van der Waals surface area contributed by atoms with E-state index in [-0.39, 0.29) is 0 Å². The molecule has 0 aliphatic rings. The molecule has 4 heteroatoms. The molecule has 3 nitrogen and oxygen atoms in total. The molecule has 0 atom stereocenters. The van der Waals surface area contributed by atoms with E-state index in [4.69, 9.17) is 0 Å². The van der Waals surface area contributed by atoms with Gasteiger partial charge >= 0.3 is 0 Å². The minimum absolute atomic E-state index is 0.837. The third-order valence-corrected chi connectivity index (χ3v) is 4.99. The normalized spacial score (nSPS) is 11.5. The average molecular weight is 325 g/mol. The highest BCUT2D eigenvalue weighted by molar-refractivity contribution is 7.98. The molecular formula is C19H23N3S. The predicted molar refractivity (Wildman–Crippen MR) is 98.9 cm³/mol. The summed E-state index contributed by atoms with van der Waals surface area (Å²) in [5.41, 5.74) is 6.23. The van der Waals surface area contributed by atoms with Crippen molar-refractivity contribution in [2.75, 3.05) is 13.3 Å². The first-order valence-electron chi connectivity index (χ1n) is 7.80. The maximum absolute atomic E-state index is 4.54. The molecule has 0 aliphatic heterocycles. The molecule has 0 saturated heterocycles. The largest absolute Gasteiger partial charge is 0.317 e. The van der Waals surface area contributed by atoms with Crippen LogP contribution < -0.4 is 0 Å². The van der Waals surface area contributed by atoms with Crippen LogP contribution in [0.25, 0.3) is 11.0 Å². The van der Waals surface area contributed by atoms with Crippen LogP contribution in [0.3, 0.4) is 0 Å². The minimum atomic E-state index is 0.837. The zero-order valence-corrected chi connectivity index (χ0v) is 15.0. The number of thioether (sulfide) groups is 1. The fourth-order valence-corrected chi connectivity index (χ4v) is 3.19. The summed E-state index contributed by atoms with van der Waals surface area (Å²) in [4.78, 5) is 8.16. The lowest BCUT2D eigenvalue weighted by Gasteiger charge is -2.18. The Morgan fingerprint density at radius 1 is 1.09 bits per heavy atom. The fourth-order valence-electron chi connectivity index (χ4n) is 2.78. The number of fused-ring (bicyclic) bond motifs is 1. The standard InChI is InChI=1S/C19H23N3S/c1-14-9-18-19(10-15(14)2)22(12-20-18)13-21(3)11-16-5-7-17(23-4)8-6-16/h5-10,12H,11,13H2,1-4H3. The van der Waals surface area contributed by atoms with Crippen LogP contribution in [0.1, 0.15) is 16.7 Å². The van der Waals surface area contributed by atoms with Gasteiger partial charge in [0.2, 0.25) is 0 Å². The molecule has 3 rings (SSSR count). The van der Waals surface area contributed by atoms with E-state index in [0.717, 1.165) is 18.7 Å². The number of aromatic nitrogens is 2. The highest BCUT2D eigenvalue weighted by atomic mass is 32.2. The van der Waals surface area contributed by atoms with Crippen molar-refractivity contribution in [3.05, 3.63) is 59.4 Å². The van der Waals surface area contributed by atoms with Crippen LogP contribution in [0.15, 0.2) is 47.6 Å². The molecule has 0 amide bonds. The molecule has 23 heavy (non-hydrogen) atoms. The number of imidazole rings is 1. The second-order valence-corrected chi connectivity index (χ2v) is 7.02. The van der Waals surface area contributed by atoms with E-state index in [1.54, 1.807) is 11.8 Å². The molecule has 0 N–H and O–H groups in total. The van der Waals surface area contributed by atoms with Gasteiger partial charge in [-0.2, -0.15) is 0 Å². The number of hydrogen-bond donors (Lipinski definition) is 0. The van der Waals surface area contributed by atoms with Crippen molar-refractivity contribution < 1.29 is 0 Å². The van der Waals surface area contributed by atoms with E-state index < -0.39 is 0 Å². The summed E-state index contributed by atoms with van der Waals surface area (Å²) in [6.45, 7) is 6.06. The number of benzene rings is 2. The molecule has 3 aromatic rings. The van der Waals surface area contributed by atoms with Crippen molar-refractivity contribution in [2.45, 2.75) is 32.0 Å². The Morgan fingerprint density at radius 2 is 1.78 bits per heavy atom. The minimum Gasteiger partial charge on any atom is -0.317 e. The molecule has 0 saturated carbocycles. The van der Waals surface area contributed by atoms with Crippen LogP contribution in [0.5, 0.6) is 0 Å². The summed E-state index contributed by atoms with van der Waals surface area (Å²) in [5, 5.41) is 0. The summed E-state index contributed by atoms with van der Waals surface area (Å²) < 4.78 is 2.22.